The Kier molecular flexibility index (Phi) is 10.8. The van der Waals surface area contributed by atoms with Crippen LogP contribution in [0.25, 0.3) is 0 Å². The van der Waals surface area contributed by atoms with Gasteiger partial charge in [0, 0.05) is 28.7 Å². The predicted octanol–water partition coefficient (Wildman–Crippen LogP) is 5.68. The Morgan fingerprint density at radius 1 is 0.977 bits per heavy atom. The summed E-state index contributed by atoms with van der Waals surface area (Å²) in [5.41, 5.74) is 0.656. The number of sulfonamides is 1. The topological polar surface area (TPSA) is 105 Å². The van der Waals surface area contributed by atoms with Crippen LogP contribution in [0, 0.1) is 0 Å². The monoisotopic (exact) mass is 647 g/mol. The maximum Gasteiger partial charge on any atom is 0.264 e. The molecule has 0 saturated heterocycles. The van der Waals surface area contributed by atoms with E-state index in [1.807, 2.05) is 0 Å². The molecule has 3 aromatic carbocycles. The molecule has 1 fully saturated rings. The first-order valence-electron chi connectivity index (χ1n) is 13.9. The van der Waals surface area contributed by atoms with E-state index in [1.165, 1.54) is 37.3 Å². The molecule has 0 aliphatic heterocycles. The Hall–Kier alpha value is -3.47. The minimum Gasteiger partial charge on any atom is -0.497 e. The average Bonchev–Trinajstić information content (AvgIpc) is 3.52. The Bertz CT molecular complexity index is 1550. The van der Waals surface area contributed by atoms with Crippen molar-refractivity contribution in [2.75, 3.05) is 25.1 Å². The van der Waals surface area contributed by atoms with Crippen molar-refractivity contribution in [3.05, 3.63) is 82.3 Å². The lowest BCUT2D eigenvalue weighted by molar-refractivity contribution is -0.139. The lowest BCUT2D eigenvalue weighted by Gasteiger charge is -2.33. The van der Waals surface area contributed by atoms with Crippen LogP contribution in [0.5, 0.6) is 11.5 Å². The van der Waals surface area contributed by atoms with Gasteiger partial charge in [-0.05, 0) is 61.7 Å². The van der Waals surface area contributed by atoms with Crippen molar-refractivity contribution in [2.45, 2.75) is 56.1 Å². The molecular weight excluding hydrogens is 613 g/mol. The zero-order chi connectivity index (χ0) is 31.1. The number of carbonyl (C=O) groups excluding carboxylic acids is 2. The number of nitrogens with zero attached hydrogens (tertiary/aromatic N) is 2. The molecule has 0 aromatic heterocycles. The highest BCUT2D eigenvalue weighted by molar-refractivity contribution is 7.92. The highest BCUT2D eigenvalue weighted by Crippen LogP contribution is 2.36. The minimum atomic E-state index is -4.29. The molecule has 0 bridgehead atoms. The molecule has 2 amide bonds. The van der Waals surface area contributed by atoms with Gasteiger partial charge in [0.2, 0.25) is 11.8 Å². The van der Waals surface area contributed by atoms with E-state index >= 15 is 0 Å². The standard InChI is InChI=1S/C31H35Cl2N3O6S/c1-21(31(38)34-24-9-7-8-10-24)35(19-22-13-14-23(32)17-27(22)33)30(37)20-36(43(39,40)26-11-5-4-6-12-26)28-18-25(41-2)15-16-29(28)42-3/h4-6,11-18,21,24H,7-10,19-20H2,1-3H3,(H,34,38)/t21-/m1/s1. The molecule has 0 radical (unpaired) electrons. The van der Waals surface area contributed by atoms with E-state index in [0.717, 1.165) is 30.0 Å². The highest BCUT2D eigenvalue weighted by Gasteiger charge is 2.35. The van der Waals surface area contributed by atoms with Crippen LogP contribution in [-0.4, -0.2) is 58.0 Å². The Labute approximate surface area is 262 Å². The van der Waals surface area contributed by atoms with Crippen LogP contribution < -0.4 is 19.1 Å². The van der Waals surface area contributed by atoms with Gasteiger partial charge in [0.05, 0.1) is 24.8 Å². The van der Waals surface area contributed by atoms with Crippen LogP contribution >= 0.6 is 23.2 Å². The maximum atomic E-state index is 14.2. The molecule has 1 aliphatic rings. The number of amides is 2. The zero-order valence-corrected chi connectivity index (χ0v) is 26.6. The van der Waals surface area contributed by atoms with Gasteiger partial charge in [-0.3, -0.25) is 13.9 Å². The molecule has 1 aliphatic carbocycles. The van der Waals surface area contributed by atoms with Gasteiger partial charge in [0.25, 0.3) is 10.0 Å². The summed E-state index contributed by atoms with van der Waals surface area (Å²) in [6.45, 7) is 0.934. The first-order chi connectivity index (χ1) is 20.5. The third kappa shape index (κ3) is 7.74. The number of anilines is 1. The number of benzene rings is 3. The van der Waals surface area contributed by atoms with E-state index in [-0.39, 0.29) is 34.8 Å². The summed E-state index contributed by atoms with van der Waals surface area (Å²) in [5, 5.41) is 3.78. The fraction of sp³-hybridized carbons (Fsp3) is 0.355. The summed E-state index contributed by atoms with van der Waals surface area (Å²) >= 11 is 12.6. The van der Waals surface area contributed by atoms with Gasteiger partial charge < -0.3 is 19.7 Å². The molecule has 12 heteroatoms. The quantitative estimate of drug-likeness (QED) is 0.271. The molecule has 43 heavy (non-hydrogen) atoms. The third-order valence-electron chi connectivity index (χ3n) is 7.49. The lowest BCUT2D eigenvalue weighted by atomic mass is 10.1. The van der Waals surface area contributed by atoms with Crippen LogP contribution in [0.2, 0.25) is 10.0 Å². The summed E-state index contributed by atoms with van der Waals surface area (Å²) < 4.78 is 40.0. The first kappa shape index (κ1) is 32.4. The summed E-state index contributed by atoms with van der Waals surface area (Å²) in [6.07, 6.45) is 3.79. The summed E-state index contributed by atoms with van der Waals surface area (Å²) in [7, 11) is -1.42. The third-order valence-corrected chi connectivity index (χ3v) is 9.85. The smallest absolute Gasteiger partial charge is 0.264 e. The SMILES string of the molecule is COc1ccc(OC)c(N(CC(=O)N(Cc2ccc(Cl)cc2Cl)[C@H](C)C(=O)NC2CCCC2)S(=O)(=O)c2ccccc2)c1. The number of methoxy groups -OCH3 is 2. The van der Waals surface area contributed by atoms with Gasteiger partial charge >= 0.3 is 0 Å². The molecule has 1 N–H and O–H groups in total. The van der Waals surface area contributed by atoms with Crippen molar-refractivity contribution >= 4 is 50.7 Å². The first-order valence-corrected chi connectivity index (χ1v) is 16.1. The Morgan fingerprint density at radius 2 is 1.67 bits per heavy atom. The fourth-order valence-electron chi connectivity index (χ4n) is 5.03. The van der Waals surface area contributed by atoms with Crippen molar-refractivity contribution in [3.8, 4) is 11.5 Å². The van der Waals surface area contributed by atoms with Crippen LogP contribution in [0.3, 0.4) is 0 Å². The number of halogens is 2. The molecule has 3 aromatic rings. The van der Waals surface area contributed by atoms with E-state index in [9.17, 15) is 18.0 Å². The second kappa shape index (κ2) is 14.3. The number of ether oxygens (including phenoxy) is 2. The van der Waals surface area contributed by atoms with E-state index in [0.29, 0.717) is 21.4 Å². The van der Waals surface area contributed by atoms with E-state index in [2.05, 4.69) is 5.32 Å². The fourth-order valence-corrected chi connectivity index (χ4v) is 6.94. The van der Waals surface area contributed by atoms with Gasteiger partial charge in [-0.2, -0.15) is 0 Å². The van der Waals surface area contributed by atoms with Crippen molar-refractivity contribution in [3.63, 3.8) is 0 Å². The van der Waals surface area contributed by atoms with Gasteiger partial charge in [-0.1, -0.05) is 60.3 Å². The molecular formula is C31H35Cl2N3O6S. The normalized spacial score (nSPS) is 14.2. The van der Waals surface area contributed by atoms with E-state index < -0.39 is 28.5 Å². The van der Waals surface area contributed by atoms with Gasteiger partial charge in [0.1, 0.15) is 24.1 Å². The van der Waals surface area contributed by atoms with Gasteiger partial charge in [-0.25, -0.2) is 8.42 Å². The number of carbonyl (C=O) groups is 2. The van der Waals surface area contributed by atoms with Crippen LogP contribution in [0.15, 0.2) is 71.6 Å². The van der Waals surface area contributed by atoms with Gasteiger partial charge in [-0.15, -0.1) is 0 Å². The van der Waals surface area contributed by atoms with Gasteiger partial charge in [0.15, 0.2) is 0 Å². The number of nitrogens with one attached hydrogen (secondary N) is 1. The van der Waals surface area contributed by atoms with E-state index in [4.69, 9.17) is 32.7 Å². The second-order valence-electron chi connectivity index (χ2n) is 10.3. The maximum absolute atomic E-state index is 14.2. The summed E-state index contributed by atoms with van der Waals surface area (Å²) in [4.78, 5) is 28.9. The molecule has 0 heterocycles. The molecule has 1 saturated carbocycles. The summed E-state index contributed by atoms with van der Waals surface area (Å²) in [6, 6.07) is 16.4. The largest absolute Gasteiger partial charge is 0.497 e. The zero-order valence-electron chi connectivity index (χ0n) is 24.3. The second-order valence-corrected chi connectivity index (χ2v) is 13.0. The summed E-state index contributed by atoms with van der Waals surface area (Å²) in [5.74, 6) is -0.371. The highest BCUT2D eigenvalue weighted by atomic mass is 35.5. The number of hydrogen-bond acceptors (Lipinski definition) is 6. The number of hydrogen-bond donors (Lipinski definition) is 1. The predicted molar refractivity (Wildman–Crippen MR) is 167 cm³/mol. The molecule has 9 nitrogen and oxygen atoms in total. The molecule has 230 valence electrons. The van der Waals surface area contributed by atoms with Crippen LogP contribution in [-0.2, 0) is 26.2 Å². The van der Waals surface area contributed by atoms with Crippen molar-refractivity contribution < 1.29 is 27.5 Å². The van der Waals surface area contributed by atoms with Crippen molar-refractivity contribution in [1.82, 2.24) is 10.2 Å². The molecule has 0 spiro atoms. The lowest BCUT2D eigenvalue weighted by Crippen LogP contribution is -2.52. The minimum absolute atomic E-state index is 0.0213. The average molecular weight is 649 g/mol. The van der Waals surface area contributed by atoms with Crippen LogP contribution in [0.1, 0.15) is 38.2 Å². The Morgan fingerprint density at radius 3 is 2.30 bits per heavy atom. The Balaban J connectivity index is 1.76. The molecule has 1 atom stereocenters. The molecule has 4 rings (SSSR count). The van der Waals surface area contributed by atoms with Crippen molar-refractivity contribution in [1.29, 1.82) is 0 Å². The van der Waals surface area contributed by atoms with E-state index in [1.54, 1.807) is 55.5 Å². The van der Waals surface area contributed by atoms with Crippen molar-refractivity contribution in [2.24, 2.45) is 0 Å². The molecule has 0 unspecified atom stereocenters. The number of rotatable bonds is 12. The van der Waals surface area contributed by atoms with Crippen LogP contribution in [0.4, 0.5) is 5.69 Å².